The Morgan fingerprint density at radius 2 is 1.63 bits per heavy atom. The Kier molecular flexibility index (Phi) is 6.75. The molecule has 2 aromatic carbocycles. The highest BCUT2D eigenvalue weighted by Crippen LogP contribution is 2.44. The lowest BCUT2D eigenvalue weighted by atomic mass is 9.96. The fourth-order valence-corrected chi connectivity index (χ4v) is 6.08. The summed E-state index contributed by atoms with van der Waals surface area (Å²) in [5, 5.41) is 12.2. The minimum absolute atomic E-state index is 0.000111. The number of alkyl carbamates (subject to hydrolysis) is 1. The molecule has 35 heavy (non-hydrogen) atoms. The van der Waals surface area contributed by atoms with Crippen LogP contribution in [0.1, 0.15) is 62.0 Å². The molecule has 2 aliphatic carbocycles. The zero-order valence-electron chi connectivity index (χ0n) is 19.8. The van der Waals surface area contributed by atoms with Gasteiger partial charge in [0.05, 0.1) is 6.42 Å². The lowest BCUT2D eigenvalue weighted by Crippen LogP contribution is -2.47. The molecule has 0 aromatic heterocycles. The standard InChI is InChI=1S/C28H32N2O5/c31-26(32)16-20-7-5-6-14-30(20)27(33)18-12-13-19(15-18)29-28(34)35-17-25-23-10-3-1-8-21(23)22-9-2-4-11-24(22)25/h1-4,8-11,18-20,25H,5-7,12-17H2,(H,29,34)(H,31,32)/t18-,19+,20-/m1/s1. The van der Waals surface area contributed by atoms with Gasteiger partial charge in [-0.05, 0) is 60.8 Å². The van der Waals surface area contributed by atoms with Crippen LogP contribution >= 0.6 is 0 Å². The molecular weight excluding hydrogens is 444 g/mol. The van der Waals surface area contributed by atoms with Gasteiger partial charge < -0.3 is 20.1 Å². The lowest BCUT2D eigenvalue weighted by molar-refractivity contribution is -0.143. The van der Waals surface area contributed by atoms with Crippen LogP contribution in [-0.2, 0) is 14.3 Å². The number of nitrogens with zero attached hydrogens (tertiary/aromatic N) is 1. The number of ether oxygens (including phenoxy) is 1. The van der Waals surface area contributed by atoms with Crippen molar-refractivity contribution in [3.63, 3.8) is 0 Å². The van der Waals surface area contributed by atoms with Gasteiger partial charge in [0.1, 0.15) is 6.61 Å². The summed E-state index contributed by atoms with van der Waals surface area (Å²) in [6.07, 6.45) is 4.15. The first kappa shape index (κ1) is 23.4. The van der Waals surface area contributed by atoms with Gasteiger partial charge in [0.25, 0.3) is 0 Å². The number of likely N-dealkylation sites (tertiary alicyclic amines) is 1. The summed E-state index contributed by atoms with van der Waals surface area (Å²) in [4.78, 5) is 38.8. The number of piperidine rings is 1. The minimum atomic E-state index is -0.865. The SMILES string of the molecule is O=C(O)C[C@H]1CCCCN1C(=O)[C@@H]1CC[C@H](NC(=O)OCC2c3ccccc3-c3ccccc32)C1. The second-order valence-electron chi connectivity index (χ2n) is 9.96. The van der Waals surface area contributed by atoms with Crippen LogP contribution in [0.3, 0.4) is 0 Å². The van der Waals surface area contributed by atoms with Crippen molar-refractivity contribution in [2.24, 2.45) is 5.92 Å². The number of carboxylic acids is 1. The van der Waals surface area contributed by atoms with E-state index in [9.17, 15) is 19.5 Å². The first-order valence-corrected chi connectivity index (χ1v) is 12.6. The summed E-state index contributed by atoms with van der Waals surface area (Å²) >= 11 is 0. The van der Waals surface area contributed by atoms with Crippen LogP contribution in [0.5, 0.6) is 0 Å². The third-order valence-corrected chi connectivity index (χ3v) is 7.77. The number of aliphatic carboxylic acids is 1. The van der Waals surface area contributed by atoms with E-state index >= 15 is 0 Å². The van der Waals surface area contributed by atoms with Crippen molar-refractivity contribution in [2.75, 3.05) is 13.2 Å². The van der Waals surface area contributed by atoms with Crippen LogP contribution in [0.25, 0.3) is 11.1 Å². The molecule has 1 aliphatic heterocycles. The Bertz CT molecular complexity index is 1070. The van der Waals surface area contributed by atoms with Gasteiger partial charge in [-0.25, -0.2) is 4.79 Å². The van der Waals surface area contributed by atoms with Crippen LogP contribution in [0.15, 0.2) is 48.5 Å². The van der Waals surface area contributed by atoms with Gasteiger partial charge >= 0.3 is 12.1 Å². The molecule has 3 aliphatic rings. The molecule has 0 radical (unpaired) electrons. The van der Waals surface area contributed by atoms with E-state index in [1.807, 2.05) is 24.3 Å². The fraction of sp³-hybridized carbons (Fsp3) is 0.464. The van der Waals surface area contributed by atoms with E-state index in [1.54, 1.807) is 4.90 Å². The van der Waals surface area contributed by atoms with Gasteiger partial charge in [-0.3, -0.25) is 9.59 Å². The molecule has 7 heteroatoms. The highest BCUT2D eigenvalue weighted by Gasteiger charge is 2.37. The van der Waals surface area contributed by atoms with Crippen molar-refractivity contribution >= 4 is 18.0 Å². The quantitative estimate of drug-likeness (QED) is 0.638. The molecule has 2 amide bonds. The largest absolute Gasteiger partial charge is 0.481 e. The number of rotatable bonds is 6. The Labute approximate surface area is 205 Å². The lowest BCUT2D eigenvalue weighted by Gasteiger charge is -2.36. The molecule has 184 valence electrons. The predicted octanol–water partition coefficient (Wildman–Crippen LogP) is 4.55. The van der Waals surface area contributed by atoms with E-state index in [2.05, 4.69) is 29.6 Å². The average molecular weight is 477 g/mol. The fourth-order valence-electron chi connectivity index (χ4n) is 6.08. The highest BCUT2D eigenvalue weighted by molar-refractivity contribution is 5.81. The summed E-state index contributed by atoms with van der Waals surface area (Å²) < 4.78 is 5.66. The van der Waals surface area contributed by atoms with Crippen LogP contribution in [-0.4, -0.2) is 53.2 Å². The number of benzene rings is 2. The highest BCUT2D eigenvalue weighted by atomic mass is 16.5. The third kappa shape index (κ3) is 4.90. The predicted molar refractivity (Wildman–Crippen MR) is 131 cm³/mol. The maximum absolute atomic E-state index is 13.1. The molecule has 1 saturated carbocycles. The molecule has 5 rings (SSSR count). The average Bonchev–Trinajstić information content (AvgIpc) is 3.45. The molecule has 1 heterocycles. The van der Waals surface area contributed by atoms with Gasteiger partial charge in [0.15, 0.2) is 0 Å². The van der Waals surface area contributed by atoms with Crippen molar-refractivity contribution < 1.29 is 24.2 Å². The Morgan fingerprint density at radius 1 is 0.943 bits per heavy atom. The zero-order valence-corrected chi connectivity index (χ0v) is 19.8. The van der Waals surface area contributed by atoms with Crippen molar-refractivity contribution in [3.8, 4) is 11.1 Å². The molecule has 0 unspecified atom stereocenters. The molecule has 7 nitrogen and oxygen atoms in total. The molecule has 1 saturated heterocycles. The number of hydrogen-bond acceptors (Lipinski definition) is 4. The summed E-state index contributed by atoms with van der Waals surface area (Å²) in [5.41, 5.74) is 4.72. The topological polar surface area (TPSA) is 95.9 Å². The first-order valence-electron chi connectivity index (χ1n) is 12.6. The molecule has 2 fully saturated rings. The van der Waals surface area contributed by atoms with Gasteiger partial charge in [-0.1, -0.05) is 48.5 Å². The van der Waals surface area contributed by atoms with Crippen molar-refractivity contribution in [1.82, 2.24) is 10.2 Å². The second-order valence-corrected chi connectivity index (χ2v) is 9.96. The van der Waals surface area contributed by atoms with Crippen molar-refractivity contribution in [3.05, 3.63) is 59.7 Å². The Hall–Kier alpha value is -3.35. The molecular formula is C28H32N2O5. The zero-order chi connectivity index (χ0) is 24.4. The van der Waals surface area contributed by atoms with E-state index in [-0.39, 0.29) is 42.9 Å². The number of carboxylic acid groups (broad SMARTS) is 1. The smallest absolute Gasteiger partial charge is 0.407 e. The van der Waals surface area contributed by atoms with E-state index in [4.69, 9.17) is 4.74 Å². The van der Waals surface area contributed by atoms with Crippen LogP contribution in [0.2, 0.25) is 0 Å². The number of hydrogen-bond donors (Lipinski definition) is 2. The second kappa shape index (κ2) is 10.1. The minimum Gasteiger partial charge on any atom is -0.481 e. The summed E-state index contributed by atoms with van der Waals surface area (Å²) in [6, 6.07) is 16.1. The number of carbonyl (C=O) groups excluding carboxylic acids is 2. The maximum atomic E-state index is 13.1. The van der Waals surface area contributed by atoms with Crippen molar-refractivity contribution in [2.45, 2.75) is 62.9 Å². The number of amides is 2. The number of fused-ring (bicyclic) bond motifs is 3. The van der Waals surface area contributed by atoms with Crippen LogP contribution < -0.4 is 5.32 Å². The Balaban J connectivity index is 1.15. The first-order chi connectivity index (χ1) is 17.0. The van der Waals surface area contributed by atoms with Gasteiger partial charge in [0.2, 0.25) is 5.91 Å². The number of nitrogens with one attached hydrogen (secondary N) is 1. The van der Waals surface area contributed by atoms with Gasteiger partial charge in [-0.15, -0.1) is 0 Å². The summed E-state index contributed by atoms with van der Waals surface area (Å²) in [5.74, 6) is -0.997. The molecule has 3 atom stereocenters. The molecule has 0 bridgehead atoms. The maximum Gasteiger partial charge on any atom is 0.407 e. The van der Waals surface area contributed by atoms with Gasteiger partial charge in [0, 0.05) is 30.5 Å². The van der Waals surface area contributed by atoms with Gasteiger partial charge in [-0.2, -0.15) is 0 Å². The van der Waals surface area contributed by atoms with Crippen LogP contribution in [0.4, 0.5) is 4.79 Å². The van der Waals surface area contributed by atoms with Crippen molar-refractivity contribution in [1.29, 1.82) is 0 Å². The Morgan fingerprint density at radius 3 is 2.31 bits per heavy atom. The molecule has 2 N–H and O–H groups in total. The van der Waals surface area contributed by atoms with E-state index in [0.717, 1.165) is 25.7 Å². The molecule has 0 spiro atoms. The monoisotopic (exact) mass is 476 g/mol. The van der Waals surface area contributed by atoms with Crippen LogP contribution in [0, 0.1) is 5.92 Å². The van der Waals surface area contributed by atoms with E-state index < -0.39 is 12.1 Å². The number of carbonyl (C=O) groups is 3. The normalized spacial score (nSPS) is 23.4. The summed E-state index contributed by atoms with van der Waals surface area (Å²) in [6.45, 7) is 0.886. The summed E-state index contributed by atoms with van der Waals surface area (Å²) in [7, 11) is 0. The van der Waals surface area contributed by atoms with E-state index in [0.29, 0.717) is 19.4 Å². The molecule has 2 aromatic rings. The third-order valence-electron chi connectivity index (χ3n) is 7.77. The van der Waals surface area contributed by atoms with E-state index in [1.165, 1.54) is 22.3 Å².